The van der Waals surface area contributed by atoms with Crippen molar-refractivity contribution in [2.24, 2.45) is 0 Å². The predicted molar refractivity (Wildman–Crippen MR) is 204 cm³/mol. The maximum absolute atomic E-state index is 13.2. The summed E-state index contributed by atoms with van der Waals surface area (Å²) >= 11 is 0. The molecule has 0 aliphatic carbocycles. The zero-order valence-corrected chi connectivity index (χ0v) is 35.0. The third-order valence-electron chi connectivity index (χ3n) is 9.14. The van der Waals surface area contributed by atoms with Crippen LogP contribution in [0.4, 0.5) is 4.79 Å². The third-order valence-corrected chi connectivity index (χ3v) is 9.14. The van der Waals surface area contributed by atoms with Crippen LogP contribution in [-0.2, 0) is 57.1 Å². The van der Waals surface area contributed by atoms with Crippen LogP contribution in [-0.4, -0.2) is 96.7 Å². The lowest BCUT2D eigenvalue weighted by Crippen LogP contribution is -2.62. The molecule has 0 aromatic carbocycles. The Morgan fingerprint density at radius 2 is 1.20 bits per heavy atom. The molecule has 2 heterocycles. The number of hydrogen-bond donors (Lipinski definition) is 1. The number of carbonyl (C=O) groups is 5. The minimum absolute atomic E-state index is 0.364. The van der Waals surface area contributed by atoms with Gasteiger partial charge in [-0.05, 0) is 41.0 Å². The zero-order chi connectivity index (χ0) is 41.2. The van der Waals surface area contributed by atoms with Gasteiger partial charge >= 0.3 is 30.0 Å². The Kier molecular flexibility index (Phi) is 20.7. The first kappa shape index (κ1) is 47.9. The molecule has 1 amide bonds. The summed E-state index contributed by atoms with van der Waals surface area (Å²) < 4.78 is 46.6. The summed E-state index contributed by atoms with van der Waals surface area (Å²) in [5.74, 6) is -3.76. The van der Waals surface area contributed by atoms with Crippen LogP contribution in [0.3, 0.4) is 0 Å². The number of hydrogen-bond acceptors (Lipinski definition) is 13. The molecule has 316 valence electrons. The first-order chi connectivity index (χ1) is 25.8. The molecule has 0 spiro atoms. The van der Waals surface area contributed by atoms with E-state index in [1.165, 1.54) is 71.6 Å². The summed E-state index contributed by atoms with van der Waals surface area (Å²) in [6, 6.07) is -0.828. The fourth-order valence-corrected chi connectivity index (χ4v) is 6.91. The van der Waals surface area contributed by atoms with Gasteiger partial charge in [0.15, 0.2) is 24.1 Å². The number of carbonyl (C=O) groups excluding carboxylic acids is 5. The SMILES string of the molecule is CCCCCCCCCCCCCC[C@H]1OC(C)(C)O[C@H]1[C@H](/C=C/[C@H]1O[C@H](COC(C)=O)[C@H](OC(C)=O)[C@H](OC(C)=O)[C@H]1OC(C)=O)NC(=O)OC(C)(C)C. The van der Waals surface area contributed by atoms with Gasteiger partial charge in [0.25, 0.3) is 0 Å². The van der Waals surface area contributed by atoms with Crippen molar-refractivity contribution >= 4 is 30.0 Å². The van der Waals surface area contributed by atoms with Gasteiger partial charge < -0.3 is 43.2 Å². The molecule has 0 unspecified atom stereocenters. The van der Waals surface area contributed by atoms with Gasteiger partial charge in [-0.3, -0.25) is 19.2 Å². The van der Waals surface area contributed by atoms with Crippen molar-refractivity contribution in [2.45, 2.75) is 213 Å². The van der Waals surface area contributed by atoms with E-state index in [0.29, 0.717) is 6.42 Å². The first-order valence-corrected chi connectivity index (χ1v) is 20.2. The predicted octanol–water partition coefficient (Wildman–Crippen LogP) is 7.17. The molecule has 0 aromatic heterocycles. The topological polar surface area (TPSA) is 171 Å². The van der Waals surface area contributed by atoms with Gasteiger partial charge in [-0.15, -0.1) is 0 Å². The van der Waals surface area contributed by atoms with Crippen LogP contribution in [0, 0.1) is 0 Å². The van der Waals surface area contributed by atoms with Crippen LogP contribution in [0.2, 0.25) is 0 Å². The number of nitrogens with one attached hydrogen (secondary N) is 1. The lowest BCUT2D eigenvalue weighted by molar-refractivity contribution is -0.244. The largest absolute Gasteiger partial charge is 0.463 e. The van der Waals surface area contributed by atoms with Crippen molar-refractivity contribution in [3.63, 3.8) is 0 Å². The molecule has 1 N–H and O–H groups in total. The molecule has 8 atom stereocenters. The molecular formula is C41H69NO13. The van der Waals surface area contributed by atoms with Gasteiger partial charge in [-0.1, -0.05) is 96.1 Å². The second kappa shape index (κ2) is 23.7. The number of unbranched alkanes of at least 4 members (excludes halogenated alkanes) is 11. The van der Waals surface area contributed by atoms with Crippen molar-refractivity contribution in [3.05, 3.63) is 12.2 Å². The summed E-state index contributed by atoms with van der Waals surface area (Å²) in [5.41, 5.74) is -0.793. The van der Waals surface area contributed by atoms with Gasteiger partial charge in [-0.2, -0.15) is 0 Å². The van der Waals surface area contributed by atoms with Crippen molar-refractivity contribution < 1.29 is 61.9 Å². The van der Waals surface area contributed by atoms with Crippen LogP contribution in [0.25, 0.3) is 0 Å². The highest BCUT2D eigenvalue weighted by Crippen LogP contribution is 2.35. The fourth-order valence-electron chi connectivity index (χ4n) is 6.91. The molecule has 2 aliphatic rings. The highest BCUT2D eigenvalue weighted by molar-refractivity contribution is 5.69. The van der Waals surface area contributed by atoms with Gasteiger partial charge in [0.2, 0.25) is 0 Å². The van der Waals surface area contributed by atoms with E-state index in [2.05, 4.69) is 12.2 Å². The summed E-state index contributed by atoms with van der Waals surface area (Å²) in [6.07, 6.45) is 10.6. The lowest BCUT2D eigenvalue weighted by Gasteiger charge is -2.43. The van der Waals surface area contributed by atoms with E-state index >= 15 is 0 Å². The average Bonchev–Trinajstić information content (AvgIpc) is 3.37. The molecule has 2 fully saturated rings. The van der Waals surface area contributed by atoms with Crippen molar-refractivity contribution in [1.82, 2.24) is 5.32 Å². The maximum Gasteiger partial charge on any atom is 0.408 e. The van der Waals surface area contributed by atoms with Gasteiger partial charge in [0, 0.05) is 27.7 Å². The van der Waals surface area contributed by atoms with Crippen molar-refractivity contribution in [1.29, 1.82) is 0 Å². The summed E-state index contributed by atoms with van der Waals surface area (Å²) in [5, 5.41) is 2.91. The zero-order valence-electron chi connectivity index (χ0n) is 35.0. The molecule has 0 aromatic rings. The number of esters is 4. The molecule has 2 rings (SSSR count). The Hall–Kier alpha value is -3.23. The molecule has 14 nitrogen and oxygen atoms in total. The fraction of sp³-hybridized carbons (Fsp3) is 0.829. The lowest BCUT2D eigenvalue weighted by atomic mass is 9.92. The number of alkyl carbamates (subject to hydrolysis) is 1. The summed E-state index contributed by atoms with van der Waals surface area (Å²) in [4.78, 5) is 61.9. The Morgan fingerprint density at radius 3 is 1.71 bits per heavy atom. The van der Waals surface area contributed by atoms with Crippen molar-refractivity contribution in [3.8, 4) is 0 Å². The van der Waals surface area contributed by atoms with E-state index in [0.717, 1.165) is 33.1 Å². The molecule has 55 heavy (non-hydrogen) atoms. The highest BCUT2D eigenvalue weighted by atomic mass is 16.8. The molecule has 0 bridgehead atoms. The van der Waals surface area contributed by atoms with Gasteiger partial charge in [-0.25, -0.2) is 4.79 Å². The van der Waals surface area contributed by atoms with Crippen LogP contribution in [0.5, 0.6) is 0 Å². The standard InChI is InChI=1S/C41H69NO13/c1-11-12-13-14-15-16-17-18-19-20-21-22-23-33-35(54-41(9,10)53-33)31(42-39(47)55-40(6,7)8)24-25-32-36(49-28(3)44)38(51-30(5)46)37(50-29(4)45)34(52-32)26-48-27(2)43/h24-25,31-38H,11-23,26H2,1-10H3,(H,42,47)/b25-24+/t31-,32+,33+,34+,35-,36-,37-,38+/m0/s1. The number of rotatable bonds is 22. The number of amides is 1. The molecular weight excluding hydrogens is 714 g/mol. The summed E-state index contributed by atoms with van der Waals surface area (Å²) in [6.45, 7) is 15.5. The van der Waals surface area contributed by atoms with Crippen molar-refractivity contribution in [2.75, 3.05) is 6.61 Å². The molecule has 2 saturated heterocycles. The number of ether oxygens (including phenoxy) is 8. The molecule has 0 radical (unpaired) electrons. The Balaban J connectivity index is 2.34. The molecule has 0 saturated carbocycles. The van der Waals surface area contributed by atoms with Crippen LogP contribution < -0.4 is 5.32 Å². The van der Waals surface area contributed by atoms with Crippen LogP contribution in [0.15, 0.2) is 12.2 Å². The molecule has 14 heteroatoms. The van der Waals surface area contributed by atoms with E-state index in [-0.39, 0.29) is 6.61 Å². The Bertz CT molecular complexity index is 1240. The van der Waals surface area contributed by atoms with E-state index in [9.17, 15) is 24.0 Å². The van der Waals surface area contributed by atoms with Gasteiger partial charge in [0.1, 0.15) is 30.5 Å². The third kappa shape index (κ3) is 19.0. The average molecular weight is 784 g/mol. The van der Waals surface area contributed by atoms with E-state index in [4.69, 9.17) is 37.9 Å². The van der Waals surface area contributed by atoms with Gasteiger partial charge in [0.05, 0.1) is 12.1 Å². The maximum atomic E-state index is 13.2. The quantitative estimate of drug-likeness (QED) is 0.0508. The van der Waals surface area contributed by atoms with E-state index in [1.54, 1.807) is 32.9 Å². The van der Waals surface area contributed by atoms with E-state index in [1.807, 2.05) is 13.8 Å². The Morgan fingerprint density at radius 1 is 0.691 bits per heavy atom. The molecule has 2 aliphatic heterocycles. The van der Waals surface area contributed by atoms with Crippen LogP contribution >= 0.6 is 0 Å². The smallest absolute Gasteiger partial charge is 0.408 e. The monoisotopic (exact) mass is 783 g/mol. The second-order valence-electron chi connectivity index (χ2n) is 16.0. The Labute approximate surface area is 328 Å². The normalized spacial score (nSPS) is 25.5. The van der Waals surface area contributed by atoms with E-state index < -0.39 is 90.1 Å². The second-order valence-corrected chi connectivity index (χ2v) is 16.0. The minimum Gasteiger partial charge on any atom is -0.463 e. The summed E-state index contributed by atoms with van der Waals surface area (Å²) in [7, 11) is 0. The highest BCUT2D eigenvalue weighted by Gasteiger charge is 2.52. The first-order valence-electron chi connectivity index (χ1n) is 20.2. The minimum atomic E-state index is -1.34. The van der Waals surface area contributed by atoms with Crippen LogP contribution in [0.1, 0.15) is 153 Å².